The van der Waals surface area contributed by atoms with E-state index in [4.69, 9.17) is 28.6 Å². The van der Waals surface area contributed by atoms with Gasteiger partial charge < -0.3 is 15.0 Å². The molecule has 1 aromatic rings. The van der Waals surface area contributed by atoms with Crippen molar-refractivity contribution in [1.29, 1.82) is 0 Å². The van der Waals surface area contributed by atoms with Crippen molar-refractivity contribution in [2.24, 2.45) is 0 Å². The normalized spacial score (nSPS) is 10.2. The number of likely N-dealkylation sites (N-methyl/N-ethyl adjacent to an activating group) is 1. The van der Waals surface area contributed by atoms with E-state index in [1.165, 1.54) is 0 Å². The minimum atomic E-state index is 0.379. The second kappa shape index (κ2) is 6.68. The van der Waals surface area contributed by atoms with E-state index < -0.39 is 0 Å². The molecule has 0 fully saturated rings. The summed E-state index contributed by atoms with van der Waals surface area (Å²) < 4.78 is 5.33. The van der Waals surface area contributed by atoms with Gasteiger partial charge in [-0.2, -0.15) is 0 Å². The molecule has 0 radical (unpaired) electrons. The first-order chi connectivity index (χ1) is 7.58. The Morgan fingerprint density at radius 2 is 2.00 bits per heavy atom. The summed E-state index contributed by atoms with van der Waals surface area (Å²) in [6.45, 7) is 1.41. The number of anilines is 1. The lowest BCUT2D eigenvalue weighted by atomic mass is 10.3. The zero-order valence-electron chi connectivity index (χ0n) is 9.37. The van der Waals surface area contributed by atoms with Crippen molar-refractivity contribution in [3.05, 3.63) is 29.3 Å². The largest absolute Gasteiger partial charge is 0.469 e. The zero-order valence-corrected chi connectivity index (χ0v) is 10.9. The standard InChI is InChI=1S/C11H15ClN2OS/c1-14(2)7-8-15-11(16)13-10-5-3-9(12)4-6-10/h3-6H,7-8H2,1-2H3,(H,13,16). The predicted molar refractivity (Wildman–Crippen MR) is 72.2 cm³/mol. The van der Waals surface area contributed by atoms with Crippen molar-refractivity contribution in [3.8, 4) is 0 Å². The van der Waals surface area contributed by atoms with E-state index in [1.807, 2.05) is 31.1 Å². The maximum atomic E-state index is 5.77. The Morgan fingerprint density at radius 3 is 2.56 bits per heavy atom. The number of thiocarbonyl (C=S) groups is 1. The molecule has 0 atom stereocenters. The SMILES string of the molecule is CN(C)CCOC(=S)Nc1ccc(Cl)cc1. The van der Waals surface area contributed by atoms with Crippen molar-refractivity contribution < 1.29 is 4.74 Å². The minimum Gasteiger partial charge on any atom is -0.469 e. The van der Waals surface area contributed by atoms with Crippen LogP contribution in [0.25, 0.3) is 0 Å². The second-order valence-corrected chi connectivity index (χ2v) is 4.38. The molecule has 1 aromatic carbocycles. The number of ether oxygens (including phenoxy) is 1. The molecule has 0 aliphatic heterocycles. The fraction of sp³-hybridized carbons (Fsp3) is 0.364. The molecule has 0 heterocycles. The van der Waals surface area contributed by atoms with E-state index in [0.29, 0.717) is 16.8 Å². The summed E-state index contributed by atoms with van der Waals surface area (Å²) >= 11 is 10.8. The molecule has 3 nitrogen and oxygen atoms in total. The van der Waals surface area contributed by atoms with Gasteiger partial charge in [0, 0.05) is 17.3 Å². The molecule has 0 amide bonds. The molecule has 1 N–H and O–H groups in total. The minimum absolute atomic E-state index is 0.379. The first kappa shape index (κ1) is 13.2. The third-order valence-corrected chi connectivity index (χ3v) is 2.33. The molecule has 88 valence electrons. The maximum Gasteiger partial charge on any atom is 0.261 e. The number of hydrogen-bond donors (Lipinski definition) is 1. The van der Waals surface area contributed by atoms with E-state index in [0.717, 1.165) is 12.2 Å². The molecule has 16 heavy (non-hydrogen) atoms. The lowest BCUT2D eigenvalue weighted by molar-refractivity contribution is 0.256. The molecule has 0 bridgehead atoms. The molecule has 5 heteroatoms. The number of rotatable bonds is 4. The summed E-state index contributed by atoms with van der Waals surface area (Å²) in [4.78, 5) is 2.03. The summed E-state index contributed by atoms with van der Waals surface area (Å²) in [6.07, 6.45) is 0. The van der Waals surface area contributed by atoms with Gasteiger partial charge >= 0.3 is 0 Å². The van der Waals surface area contributed by atoms with Crippen LogP contribution in [0.5, 0.6) is 0 Å². The topological polar surface area (TPSA) is 24.5 Å². The van der Waals surface area contributed by atoms with E-state index in [1.54, 1.807) is 12.1 Å². The lowest BCUT2D eigenvalue weighted by Crippen LogP contribution is -2.22. The molecule has 0 unspecified atom stereocenters. The van der Waals surface area contributed by atoms with Gasteiger partial charge in [0.2, 0.25) is 0 Å². The van der Waals surface area contributed by atoms with Gasteiger partial charge in [-0.05, 0) is 50.6 Å². The van der Waals surface area contributed by atoms with Crippen LogP contribution < -0.4 is 5.32 Å². The van der Waals surface area contributed by atoms with E-state index in [-0.39, 0.29) is 0 Å². The van der Waals surface area contributed by atoms with E-state index >= 15 is 0 Å². The van der Waals surface area contributed by atoms with E-state index in [2.05, 4.69) is 5.32 Å². The summed E-state index contributed by atoms with van der Waals surface area (Å²) in [5, 5.41) is 4.05. The second-order valence-electron chi connectivity index (χ2n) is 3.57. The van der Waals surface area contributed by atoms with E-state index in [9.17, 15) is 0 Å². The fourth-order valence-corrected chi connectivity index (χ4v) is 1.34. The van der Waals surface area contributed by atoms with Crippen LogP contribution in [0.15, 0.2) is 24.3 Å². The highest BCUT2D eigenvalue weighted by Crippen LogP contribution is 2.13. The average Bonchev–Trinajstić information content (AvgIpc) is 2.21. The van der Waals surface area contributed by atoms with Crippen LogP contribution >= 0.6 is 23.8 Å². The van der Waals surface area contributed by atoms with Crippen molar-refractivity contribution in [2.75, 3.05) is 32.6 Å². The van der Waals surface area contributed by atoms with Crippen LogP contribution in [0.3, 0.4) is 0 Å². The summed E-state index contributed by atoms with van der Waals surface area (Å²) in [5.41, 5.74) is 0.874. The molecule has 0 saturated carbocycles. The molecule has 0 spiro atoms. The Kier molecular flexibility index (Phi) is 5.52. The molecular formula is C11H15ClN2OS. The molecule has 0 aromatic heterocycles. The highest BCUT2D eigenvalue weighted by Gasteiger charge is 1.99. The van der Waals surface area contributed by atoms with Gasteiger partial charge in [0.05, 0.1) is 0 Å². The van der Waals surface area contributed by atoms with Crippen molar-refractivity contribution >= 4 is 34.7 Å². The third-order valence-electron chi connectivity index (χ3n) is 1.86. The summed E-state index contributed by atoms with van der Waals surface area (Å²) in [7, 11) is 3.97. The number of halogens is 1. The molecule has 0 aliphatic carbocycles. The lowest BCUT2D eigenvalue weighted by Gasteiger charge is -2.12. The highest BCUT2D eigenvalue weighted by atomic mass is 35.5. The van der Waals surface area contributed by atoms with Gasteiger partial charge in [-0.1, -0.05) is 11.6 Å². The fourth-order valence-electron chi connectivity index (χ4n) is 1.01. The predicted octanol–water partition coefficient (Wildman–Crippen LogP) is 2.62. The zero-order chi connectivity index (χ0) is 12.0. The van der Waals surface area contributed by atoms with Crippen LogP contribution in [0.2, 0.25) is 5.02 Å². The van der Waals surface area contributed by atoms with Crippen LogP contribution in [-0.2, 0) is 4.74 Å². The van der Waals surface area contributed by atoms with Gasteiger partial charge in [0.1, 0.15) is 6.61 Å². The van der Waals surface area contributed by atoms with Gasteiger partial charge in [-0.25, -0.2) is 0 Å². The Labute approximate surface area is 106 Å². The van der Waals surface area contributed by atoms with Crippen molar-refractivity contribution in [3.63, 3.8) is 0 Å². The Balaban J connectivity index is 2.31. The Morgan fingerprint density at radius 1 is 1.38 bits per heavy atom. The van der Waals surface area contributed by atoms with Crippen LogP contribution in [-0.4, -0.2) is 37.3 Å². The van der Waals surface area contributed by atoms with Crippen LogP contribution in [0, 0.1) is 0 Å². The number of hydrogen-bond acceptors (Lipinski definition) is 3. The Hall–Kier alpha value is -0.840. The summed E-state index contributed by atoms with van der Waals surface area (Å²) in [6, 6.07) is 7.30. The molecule has 0 aliphatic rings. The van der Waals surface area contributed by atoms with Crippen LogP contribution in [0.4, 0.5) is 5.69 Å². The van der Waals surface area contributed by atoms with Crippen molar-refractivity contribution in [1.82, 2.24) is 4.90 Å². The monoisotopic (exact) mass is 258 g/mol. The van der Waals surface area contributed by atoms with Gasteiger partial charge in [0.15, 0.2) is 0 Å². The summed E-state index contributed by atoms with van der Waals surface area (Å²) in [5.74, 6) is 0. The Bertz CT molecular complexity index is 340. The van der Waals surface area contributed by atoms with Gasteiger partial charge in [0.25, 0.3) is 5.17 Å². The molecule has 0 saturated heterocycles. The molecule has 1 rings (SSSR count). The maximum absolute atomic E-state index is 5.77. The van der Waals surface area contributed by atoms with Gasteiger partial charge in [-0.3, -0.25) is 0 Å². The van der Waals surface area contributed by atoms with Crippen LogP contribution in [0.1, 0.15) is 0 Å². The number of benzene rings is 1. The van der Waals surface area contributed by atoms with Gasteiger partial charge in [-0.15, -0.1) is 0 Å². The quantitative estimate of drug-likeness (QED) is 0.840. The number of nitrogens with one attached hydrogen (secondary N) is 1. The number of nitrogens with zero attached hydrogens (tertiary/aromatic N) is 1. The highest BCUT2D eigenvalue weighted by molar-refractivity contribution is 7.80. The smallest absolute Gasteiger partial charge is 0.261 e. The first-order valence-corrected chi connectivity index (χ1v) is 5.70. The van der Waals surface area contributed by atoms with Crippen molar-refractivity contribution in [2.45, 2.75) is 0 Å². The third kappa shape index (κ3) is 5.30. The molecular weight excluding hydrogens is 244 g/mol. The first-order valence-electron chi connectivity index (χ1n) is 4.92. The average molecular weight is 259 g/mol.